The number of carbonyl (C=O) groups excluding carboxylic acids is 1. The van der Waals surface area contributed by atoms with Crippen LogP contribution in [0, 0.1) is 0 Å². The lowest BCUT2D eigenvalue weighted by Crippen LogP contribution is -2.04. The molecule has 21 heavy (non-hydrogen) atoms. The van der Waals surface area contributed by atoms with Crippen LogP contribution in [0.15, 0.2) is 60.8 Å². The molecule has 1 heterocycles. The highest BCUT2D eigenvalue weighted by Gasteiger charge is 2.12. The fourth-order valence-corrected chi connectivity index (χ4v) is 2.54. The Labute approximate surface area is 127 Å². The number of aromatic nitrogens is 2. The number of benzene rings is 2. The summed E-state index contributed by atoms with van der Waals surface area (Å²) in [6.45, 7) is 0.568. The normalized spacial score (nSPS) is 10.5. The van der Waals surface area contributed by atoms with Crippen molar-refractivity contribution in [2.24, 2.45) is 0 Å². The Hall–Kier alpha value is -2.39. The highest BCUT2D eigenvalue weighted by atomic mass is 35.5. The van der Waals surface area contributed by atoms with E-state index in [1.807, 2.05) is 59.3 Å². The SMILES string of the molecule is O=Cc1cnn(Cc2cccc(Cl)c2)c1-c1ccccc1. The molecule has 0 N–H and O–H groups in total. The minimum absolute atomic E-state index is 0.568. The zero-order valence-electron chi connectivity index (χ0n) is 11.2. The molecule has 0 atom stereocenters. The van der Waals surface area contributed by atoms with E-state index in [0.717, 1.165) is 23.1 Å². The zero-order valence-corrected chi connectivity index (χ0v) is 12.0. The van der Waals surface area contributed by atoms with Crippen LogP contribution in [0.25, 0.3) is 11.3 Å². The molecule has 0 unspecified atom stereocenters. The molecule has 0 amide bonds. The van der Waals surface area contributed by atoms with Gasteiger partial charge in [-0.25, -0.2) is 0 Å². The van der Waals surface area contributed by atoms with Gasteiger partial charge in [-0.2, -0.15) is 5.10 Å². The Kier molecular flexibility index (Phi) is 3.84. The lowest BCUT2D eigenvalue weighted by atomic mass is 10.1. The van der Waals surface area contributed by atoms with E-state index in [4.69, 9.17) is 11.6 Å². The summed E-state index contributed by atoms with van der Waals surface area (Å²) >= 11 is 6.01. The van der Waals surface area contributed by atoms with Gasteiger partial charge in [0.25, 0.3) is 0 Å². The smallest absolute Gasteiger partial charge is 0.153 e. The van der Waals surface area contributed by atoms with Crippen LogP contribution in [-0.4, -0.2) is 16.1 Å². The van der Waals surface area contributed by atoms with Crippen LogP contribution < -0.4 is 0 Å². The summed E-state index contributed by atoms with van der Waals surface area (Å²) in [6.07, 6.45) is 2.43. The number of aldehydes is 1. The third kappa shape index (κ3) is 2.88. The van der Waals surface area contributed by atoms with E-state index in [1.165, 1.54) is 0 Å². The Balaban J connectivity index is 2.04. The Morgan fingerprint density at radius 1 is 1.10 bits per heavy atom. The van der Waals surface area contributed by atoms with Crippen LogP contribution >= 0.6 is 11.6 Å². The van der Waals surface area contributed by atoms with E-state index in [1.54, 1.807) is 6.20 Å². The second-order valence-electron chi connectivity index (χ2n) is 4.72. The molecular weight excluding hydrogens is 284 g/mol. The number of halogens is 1. The summed E-state index contributed by atoms with van der Waals surface area (Å²) in [7, 11) is 0. The quantitative estimate of drug-likeness (QED) is 0.680. The molecule has 0 aliphatic carbocycles. The highest BCUT2D eigenvalue weighted by Crippen LogP contribution is 2.23. The molecule has 3 nitrogen and oxygen atoms in total. The van der Waals surface area contributed by atoms with Gasteiger partial charge >= 0.3 is 0 Å². The minimum atomic E-state index is 0.568. The first kappa shape index (κ1) is 13.6. The molecule has 1 aromatic heterocycles. The van der Waals surface area contributed by atoms with Crippen molar-refractivity contribution in [3.05, 3.63) is 76.9 Å². The predicted octanol–water partition coefficient (Wildman–Crippen LogP) is 4.06. The molecule has 2 aromatic carbocycles. The van der Waals surface area contributed by atoms with Gasteiger partial charge in [-0.15, -0.1) is 0 Å². The minimum Gasteiger partial charge on any atom is -0.298 e. The van der Waals surface area contributed by atoms with Crippen LogP contribution in [-0.2, 0) is 6.54 Å². The van der Waals surface area contributed by atoms with Crippen LogP contribution in [0.5, 0.6) is 0 Å². The first-order valence-corrected chi connectivity index (χ1v) is 6.96. The first-order valence-electron chi connectivity index (χ1n) is 6.59. The van der Waals surface area contributed by atoms with Gasteiger partial charge in [0, 0.05) is 10.6 Å². The largest absolute Gasteiger partial charge is 0.298 e. The molecule has 0 saturated heterocycles. The van der Waals surface area contributed by atoms with Gasteiger partial charge in [0.05, 0.1) is 24.0 Å². The maximum absolute atomic E-state index is 11.2. The summed E-state index contributed by atoms with van der Waals surface area (Å²) in [6, 6.07) is 17.4. The van der Waals surface area contributed by atoms with Gasteiger partial charge in [0.2, 0.25) is 0 Å². The predicted molar refractivity (Wildman–Crippen MR) is 83.6 cm³/mol. The topological polar surface area (TPSA) is 34.9 Å². The van der Waals surface area contributed by atoms with Crippen molar-refractivity contribution in [3.63, 3.8) is 0 Å². The second-order valence-corrected chi connectivity index (χ2v) is 5.16. The molecular formula is C17H13ClN2O. The Morgan fingerprint density at radius 2 is 1.90 bits per heavy atom. The summed E-state index contributed by atoms with van der Waals surface area (Å²) in [5.74, 6) is 0. The van der Waals surface area contributed by atoms with Crippen molar-refractivity contribution in [1.29, 1.82) is 0 Å². The van der Waals surface area contributed by atoms with E-state index >= 15 is 0 Å². The van der Waals surface area contributed by atoms with E-state index in [2.05, 4.69) is 5.10 Å². The van der Waals surface area contributed by atoms with E-state index in [0.29, 0.717) is 17.1 Å². The maximum atomic E-state index is 11.2. The standard InChI is InChI=1S/C17H13ClN2O/c18-16-8-4-5-13(9-16)11-20-17(15(12-21)10-19-20)14-6-2-1-3-7-14/h1-10,12H,11H2. The highest BCUT2D eigenvalue weighted by molar-refractivity contribution is 6.30. The average molecular weight is 297 g/mol. The Bertz CT molecular complexity index is 765. The molecule has 0 fully saturated rings. The van der Waals surface area contributed by atoms with Crippen LogP contribution in [0.1, 0.15) is 15.9 Å². The van der Waals surface area contributed by atoms with Crippen LogP contribution in [0.4, 0.5) is 0 Å². The van der Waals surface area contributed by atoms with E-state index in [-0.39, 0.29) is 0 Å². The summed E-state index contributed by atoms with van der Waals surface area (Å²) in [4.78, 5) is 11.2. The lowest BCUT2D eigenvalue weighted by molar-refractivity contribution is 0.112. The molecule has 0 radical (unpaired) electrons. The molecule has 0 spiro atoms. The molecule has 0 saturated carbocycles. The second kappa shape index (κ2) is 5.94. The van der Waals surface area contributed by atoms with E-state index in [9.17, 15) is 4.79 Å². The Morgan fingerprint density at radius 3 is 2.62 bits per heavy atom. The van der Waals surface area contributed by atoms with Gasteiger partial charge in [0.15, 0.2) is 6.29 Å². The van der Waals surface area contributed by atoms with Crippen molar-refractivity contribution >= 4 is 17.9 Å². The number of hydrogen-bond acceptors (Lipinski definition) is 2. The van der Waals surface area contributed by atoms with Gasteiger partial charge in [0.1, 0.15) is 0 Å². The first-order chi connectivity index (χ1) is 10.3. The summed E-state index contributed by atoms with van der Waals surface area (Å²) in [5, 5.41) is 5.02. The molecule has 104 valence electrons. The molecule has 0 aliphatic rings. The molecule has 0 aliphatic heterocycles. The van der Waals surface area contributed by atoms with Crippen molar-refractivity contribution < 1.29 is 4.79 Å². The lowest BCUT2D eigenvalue weighted by Gasteiger charge is -2.09. The van der Waals surface area contributed by atoms with Crippen LogP contribution in [0.3, 0.4) is 0 Å². The summed E-state index contributed by atoms with van der Waals surface area (Å²) < 4.78 is 1.82. The van der Waals surface area contributed by atoms with Gasteiger partial charge in [-0.3, -0.25) is 9.48 Å². The molecule has 4 heteroatoms. The fraction of sp³-hybridized carbons (Fsp3) is 0.0588. The monoisotopic (exact) mass is 296 g/mol. The van der Waals surface area contributed by atoms with Crippen molar-refractivity contribution in [3.8, 4) is 11.3 Å². The van der Waals surface area contributed by atoms with Crippen LogP contribution in [0.2, 0.25) is 5.02 Å². The van der Waals surface area contributed by atoms with Gasteiger partial charge in [-0.05, 0) is 17.7 Å². The average Bonchev–Trinajstić information content (AvgIpc) is 2.91. The third-order valence-electron chi connectivity index (χ3n) is 3.26. The number of hydrogen-bond donors (Lipinski definition) is 0. The van der Waals surface area contributed by atoms with Gasteiger partial charge < -0.3 is 0 Å². The van der Waals surface area contributed by atoms with E-state index < -0.39 is 0 Å². The molecule has 3 rings (SSSR count). The molecule has 3 aromatic rings. The van der Waals surface area contributed by atoms with Crippen molar-refractivity contribution in [2.75, 3.05) is 0 Å². The maximum Gasteiger partial charge on any atom is 0.153 e. The number of nitrogens with zero attached hydrogens (tertiary/aromatic N) is 2. The molecule has 0 bridgehead atoms. The number of rotatable bonds is 4. The summed E-state index contributed by atoms with van der Waals surface area (Å²) in [5.41, 5.74) is 3.42. The van der Waals surface area contributed by atoms with Crippen molar-refractivity contribution in [2.45, 2.75) is 6.54 Å². The zero-order chi connectivity index (χ0) is 14.7. The number of carbonyl (C=O) groups is 1. The van der Waals surface area contributed by atoms with Crippen molar-refractivity contribution in [1.82, 2.24) is 9.78 Å². The third-order valence-corrected chi connectivity index (χ3v) is 3.50. The van der Waals surface area contributed by atoms with Gasteiger partial charge in [-0.1, -0.05) is 54.1 Å². The fourth-order valence-electron chi connectivity index (χ4n) is 2.33.